The quantitative estimate of drug-likeness (QED) is 0.821. The van der Waals surface area contributed by atoms with Gasteiger partial charge in [0.15, 0.2) is 0 Å². The van der Waals surface area contributed by atoms with Gasteiger partial charge >= 0.3 is 0 Å². The Morgan fingerprint density at radius 3 is 2.58 bits per heavy atom. The summed E-state index contributed by atoms with van der Waals surface area (Å²) >= 11 is 0. The second kappa shape index (κ2) is 6.64. The number of sulfonamides is 1. The van der Waals surface area contributed by atoms with Crippen LogP contribution in [0.15, 0.2) is 47.4 Å². The number of ether oxygens (including phenoxy) is 1. The molecular formula is C19H21FN2O3S. The third-order valence-corrected chi connectivity index (χ3v) is 7.10. The Morgan fingerprint density at radius 1 is 1.12 bits per heavy atom. The van der Waals surface area contributed by atoms with Crippen LogP contribution < -0.4 is 4.74 Å². The van der Waals surface area contributed by atoms with Crippen LogP contribution in [-0.2, 0) is 23.0 Å². The van der Waals surface area contributed by atoms with Gasteiger partial charge < -0.3 is 4.74 Å². The third kappa shape index (κ3) is 3.00. The minimum Gasteiger partial charge on any atom is -0.495 e. The Hall–Kier alpha value is -1.96. The average Bonchev–Trinajstić information content (AvgIpc) is 2.60. The molecule has 1 saturated heterocycles. The molecule has 0 unspecified atom stereocenters. The number of hydrogen-bond acceptors (Lipinski definition) is 4. The Kier molecular flexibility index (Phi) is 4.46. The van der Waals surface area contributed by atoms with Gasteiger partial charge in [0, 0.05) is 32.2 Å². The van der Waals surface area contributed by atoms with Crippen LogP contribution in [0.3, 0.4) is 0 Å². The highest BCUT2D eigenvalue weighted by Gasteiger charge is 2.41. The van der Waals surface area contributed by atoms with E-state index in [1.807, 2.05) is 6.07 Å². The molecule has 0 aliphatic carbocycles. The van der Waals surface area contributed by atoms with Crippen LogP contribution in [0.4, 0.5) is 4.39 Å². The lowest BCUT2D eigenvalue weighted by atomic mass is 9.97. The molecule has 0 atom stereocenters. The van der Waals surface area contributed by atoms with Crippen molar-refractivity contribution in [3.63, 3.8) is 0 Å². The van der Waals surface area contributed by atoms with Gasteiger partial charge in [0.1, 0.15) is 16.5 Å². The van der Waals surface area contributed by atoms with E-state index in [-0.39, 0.29) is 16.7 Å². The molecule has 1 fully saturated rings. The Bertz CT molecular complexity index is 926. The van der Waals surface area contributed by atoms with E-state index in [0.29, 0.717) is 13.1 Å². The number of nitrogens with zero attached hydrogens (tertiary/aromatic N) is 2. The maximum absolute atomic E-state index is 13.6. The Balaban J connectivity index is 1.47. The lowest BCUT2D eigenvalue weighted by Crippen LogP contribution is -2.61. The number of benzene rings is 2. The summed E-state index contributed by atoms with van der Waals surface area (Å²) in [6.07, 6.45) is 0.983. The average molecular weight is 376 g/mol. The zero-order valence-corrected chi connectivity index (χ0v) is 15.4. The first-order valence-corrected chi connectivity index (χ1v) is 10.1. The molecule has 138 valence electrons. The first-order valence-electron chi connectivity index (χ1n) is 8.63. The molecule has 0 spiro atoms. The van der Waals surface area contributed by atoms with Crippen LogP contribution in [0, 0.1) is 5.82 Å². The molecular weight excluding hydrogens is 355 g/mol. The maximum atomic E-state index is 13.6. The van der Waals surface area contributed by atoms with Crippen LogP contribution in [-0.4, -0.2) is 50.4 Å². The molecule has 0 aromatic heterocycles. The normalized spacial score (nSPS) is 19.0. The van der Waals surface area contributed by atoms with Crippen molar-refractivity contribution in [2.45, 2.75) is 23.9 Å². The van der Waals surface area contributed by atoms with Gasteiger partial charge in [0.25, 0.3) is 0 Å². The van der Waals surface area contributed by atoms with Crippen molar-refractivity contribution in [2.75, 3.05) is 26.7 Å². The summed E-state index contributed by atoms with van der Waals surface area (Å²) in [4.78, 5) is 2.22. The number of rotatable bonds is 4. The second-order valence-electron chi connectivity index (χ2n) is 6.76. The lowest BCUT2D eigenvalue weighted by molar-refractivity contribution is 0.0768. The highest BCUT2D eigenvalue weighted by molar-refractivity contribution is 7.89. The van der Waals surface area contributed by atoms with Crippen molar-refractivity contribution in [1.29, 1.82) is 0 Å². The molecule has 2 aromatic carbocycles. The summed E-state index contributed by atoms with van der Waals surface area (Å²) in [6.45, 7) is 2.62. The van der Waals surface area contributed by atoms with Gasteiger partial charge in [-0.2, -0.15) is 4.31 Å². The fourth-order valence-electron chi connectivity index (χ4n) is 3.66. The minimum atomic E-state index is -3.76. The van der Waals surface area contributed by atoms with E-state index in [0.717, 1.165) is 25.6 Å². The number of fused-ring (bicyclic) bond motifs is 1. The van der Waals surface area contributed by atoms with E-state index in [9.17, 15) is 12.8 Å². The van der Waals surface area contributed by atoms with Crippen molar-refractivity contribution in [3.8, 4) is 5.75 Å². The largest absolute Gasteiger partial charge is 0.495 e. The molecule has 2 aliphatic rings. The summed E-state index contributed by atoms with van der Waals surface area (Å²) in [7, 11) is -2.37. The molecule has 26 heavy (non-hydrogen) atoms. The van der Waals surface area contributed by atoms with Gasteiger partial charge in [0.2, 0.25) is 10.0 Å². The van der Waals surface area contributed by atoms with Gasteiger partial charge in [-0.15, -0.1) is 0 Å². The summed E-state index contributed by atoms with van der Waals surface area (Å²) in [5.41, 5.74) is 2.68. The van der Waals surface area contributed by atoms with Crippen LogP contribution >= 0.6 is 0 Å². The predicted molar refractivity (Wildman–Crippen MR) is 96.1 cm³/mol. The molecule has 0 bridgehead atoms. The van der Waals surface area contributed by atoms with Crippen molar-refractivity contribution >= 4 is 10.0 Å². The summed E-state index contributed by atoms with van der Waals surface area (Å²) in [5, 5.41) is 0. The van der Waals surface area contributed by atoms with Crippen LogP contribution in [0.5, 0.6) is 5.75 Å². The monoisotopic (exact) mass is 376 g/mol. The second-order valence-corrected chi connectivity index (χ2v) is 8.67. The topological polar surface area (TPSA) is 49.9 Å². The Labute approximate surface area is 153 Å². The SMILES string of the molecule is COc1ccc(F)cc1S(=O)(=O)N1CC(N2CCc3ccccc3C2)C1. The maximum Gasteiger partial charge on any atom is 0.246 e. The van der Waals surface area contributed by atoms with E-state index in [2.05, 4.69) is 23.1 Å². The zero-order valence-electron chi connectivity index (χ0n) is 14.6. The molecule has 0 amide bonds. The third-order valence-electron chi connectivity index (χ3n) is 5.25. The highest BCUT2D eigenvalue weighted by Crippen LogP contribution is 2.32. The first kappa shape index (κ1) is 17.5. The molecule has 0 radical (unpaired) electrons. The molecule has 7 heteroatoms. The van der Waals surface area contributed by atoms with Gasteiger partial charge in [-0.3, -0.25) is 4.90 Å². The van der Waals surface area contributed by atoms with E-state index in [4.69, 9.17) is 4.74 Å². The first-order chi connectivity index (χ1) is 12.5. The van der Waals surface area contributed by atoms with Gasteiger partial charge in [0.05, 0.1) is 7.11 Å². The minimum absolute atomic E-state index is 0.109. The van der Waals surface area contributed by atoms with E-state index >= 15 is 0 Å². The summed E-state index contributed by atoms with van der Waals surface area (Å²) in [5.74, 6) is -0.421. The number of halogens is 1. The summed E-state index contributed by atoms with van der Waals surface area (Å²) in [6, 6.07) is 12.1. The molecule has 4 rings (SSSR count). The summed E-state index contributed by atoms with van der Waals surface area (Å²) < 4.78 is 45.7. The molecule has 5 nitrogen and oxygen atoms in total. The molecule has 0 N–H and O–H groups in total. The van der Waals surface area contributed by atoms with Gasteiger partial charge in [-0.25, -0.2) is 12.8 Å². The smallest absolute Gasteiger partial charge is 0.246 e. The van der Waals surface area contributed by atoms with Crippen molar-refractivity contribution in [2.24, 2.45) is 0 Å². The molecule has 2 aromatic rings. The fourth-order valence-corrected chi connectivity index (χ4v) is 5.35. The lowest BCUT2D eigenvalue weighted by Gasteiger charge is -2.46. The molecule has 2 aliphatic heterocycles. The van der Waals surface area contributed by atoms with Gasteiger partial charge in [-0.05, 0) is 35.7 Å². The molecule has 0 saturated carbocycles. The highest BCUT2D eigenvalue weighted by atomic mass is 32.2. The van der Waals surface area contributed by atoms with Crippen LogP contribution in [0.1, 0.15) is 11.1 Å². The number of hydrogen-bond donors (Lipinski definition) is 0. The van der Waals surface area contributed by atoms with Crippen molar-refractivity contribution in [1.82, 2.24) is 9.21 Å². The zero-order chi connectivity index (χ0) is 18.3. The predicted octanol–water partition coefficient (Wildman–Crippen LogP) is 2.27. The van der Waals surface area contributed by atoms with Crippen molar-refractivity contribution < 1.29 is 17.5 Å². The fraction of sp³-hybridized carbons (Fsp3) is 0.368. The van der Waals surface area contributed by atoms with E-state index < -0.39 is 15.8 Å². The van der Waals surface area contributed by atoms with Crippen molar-refractivity contribution in [3.05, 3.63) is 59.4 Å². The van der Waals surface area contributed by atoms with Crippen LogP contribution in [0.2, 0.25) is 0 Å². The molecule has 2 heterocycles. The van der Waals surface area contributed by atoms with E-state index in [1.54, 1.807) is 0 Å². The standard InChI is InChI=1S/C19H21FN2O3S/c1-25-18-7-6-16(20)10-19(18)26(23,24)22-12-17(13-22)21-9-8-14-4-2-3-5-15(14)11-21/h2-7,10,17H,8-9,11-13H2,1H3. The number of methoxy groups -OCH3 is 1. The Morgan fingerprint density at radius 2 is 1.85 bits per heavy atom. The van der Waals surface area contributed by atoms with Crippen LogP contribution in [0.25, 0.3) is 0 Å². The van der Waals surface area contributed by atoms with Gasteiger partial charge in [-0.1, -0.05) is 24.3 Å². The van der Waals surface area contributed by atoms with E-state index in [1.165, 1.54) is 34.7 Å².